The summed E-state index contributed by atoms with van der Waals surface area (Å²) < 4.78 is 5.18. The fourth-order valence-electron chi connectivity index (χ4n) is 2.18. The van der Waals surface area contributed by atoms with Crippen LogP contribution in [0.25, 0.3) is 5.57 Å². The van der Waals surface area contributed by atoms with Gasteiger partial charge in [0, 0.05) is 11.1 Å². The largest absolute Gasteiger partial charge is 0.477 e. The summed E-state index contributed by atoms with van der Waals surface area (Å²) in [6.45, 7) is 5.04. The maximum Gasteiger partial charge on any atom is 0.347 e. The standard InChI is InChI=1S/C20H15NO4/c1-13(2)20(24)25-16-10-6-9-15(11-16)18(17(12-21)19(22)23)14-7-4-3-5-8-14/h3-11H,1H2,2H3,(H,22,23). The van der Waals surface area contributed by atoms with Crippen molar-refractivity contribution >= 4 is 17.5 Å². The first kappa shape index (κ1) is 17.7. The maximum atomic E-state index is 11.7. The first-order valence-corrected chi connectivity index (χ1v) is 7.35. The lowest BCUT2D eigenvalue weighted by Gasteiger charge is -2.11. The fraction of sp³-hybridized carbons (Fsp3) is 0.0500. The van der Waals surface area contributed by atoms with E-state index in [9.17, 15) is 20.0 Å². The van der Waals surface area contributed by atoms with E-state index in [2.05, 4.69) is 6.58 Å². The van der Waals surface area contributed by atoms with Crippen molar-refractivity contribution in [3.05, 3.63) is 83.4 Å². The van der Waals surface area contributed by atoms with E-state index in [1.54, 1.807) is 54.6 Å². The number of hydrogen-bond acceptors (Lipinski definition) is 4. The number of ether oxygens (including phenoxy) is 1. The second-order valence-corrected chi connectivity index (χ2v) is 5.23. The summed E-state index contributed by atoms with van der Waals surface area (Å²) in [6.07, 6.45) is 0. The molecule has 0 aromatic heterocycles. The number of aliphatic carboxylic acids is 1. The molecule has 1 N–H and O–H groups in total. The second kappa shape index (κ2) is 7.75. The van der Waals surface area contributed by atoms with Gasteiger partial charge in [-0.05, 0) is 30.2 Å². The number of nitrogens with zero attached hydrogens (tertiary/aromatic N) is 1. The van der Waals surface area contributed by atoms with Gasteiger partial charge in [-0.2, -0.15) is 5.26 Å². The van der Waals surface area contributed by atoms with Crippen LogP contribution in [0.5, 0.6) is 5.75 Å². The van der Waals surface area contributed by atoms with Crippen LogP contribution < -0.4 is 4.74 Å². The number of benzene rings is 2. The molecule has 2 aromatic carbocycles. The molecule has 0 aliphatic rings. The Morgan fingerprint density at radius 3 is 2.28 bits per heavy atom. The number of esters is 1. The zero-order chi connectivity index (χ0) is 18.4. The molecule has 0 saturated carbocycles. The highest BCUT2D eigenvalue weighted by molar-refractivity contribution is 6.04. The number of rotatable bonds is 5. The van der Waals surface area contributed by atoms with E-state index in [4.69, 9.17) is 4.74 Å². The topological polar surface area (TPSA) is 87.4 Å². The second-order valence-electron chi connectivity index (χ2n) is 5.23. The molecule has 5 nitrogen and oxygen atoms in total. The molecule has 0 fully saturated rings. The summed E-state index contributed by atoms with van der Waals surface area (Å²) in [5.74, 6) is -1.67. The van der Waals surface area contributed by atoms with E-state index < -0.39 is 17.5 Å². The first-order valence-electron chi connectivity index (χ1n) is 7.35. The molecule has 0 heterocycles. The van der Waals surface area contributed by atoms with Crippen LogP contribution in [0.4, 0.5) is 0 Å². The molecular formula is C20H15NO4. The van der Waals surface area contributed by atoms with E-state index in [1.807, 2.05) is 0 Å². The molecule has 0 radical (unpaired) electrons. The predicted octanol–water partition coefficient (Wildman–Crippen LogP) is 3.58. The van der Waals surface area contributed by atoms with Crippen molar-refractivity contribution in [2.75, 3.05) is 0 Å². The average Bonchev–Trinajstić information content (AvgIpc) is 2.60. The van der Waals surface area contributed by atoms with Crippen LogP contribution in [0.3, 0.4) is 0 Å². The van der Waals surface area contributed by atoms with Crippen molar-refractivity contribution in [2.24, 2.45) is 0 Å². The minimum atomic E-state index is -1.33. The molecule has 0 unspecified atom stereocenters. The van der Waals surface area contributed by atoms with Crippen LogP contribution in [0.2, 0.25) is 0 Å². The molecule has 0 aliphatic heterocycles. The molecule has 2 rings (SSSR count). The highest BCUT2D eigenvalue weighted by atomic mass is 16.5. The summed E-state index contributed by atoms with van der Waals surface area (Å²) in [5.41, 5.74) is 1.13. The fourth-order valence-corrected chi connectivity index (χ4v) is 2.18. The Morgan fingerprint density at radius 2 is 1.72 bits per heavy atom. The summed E-state index contributed by atoms with van der Waals surface area (Å²) >= 11 is 0. The van der Waals surface area contributed by atoms with E-state index in [1.165, 1.54) is 13.0 Å². The van der Waals surface area contributed by atoms with Gasteiger partial charge >= 0.3 is 11.9 Å². The quantitative estimate of drug-likeness (QED) is 0.391. The minimum absolute atomic E-state index is 0.238. The molecule has 0 amide bonds. The predicted molar refractivity (Wildman–Crippen MR) is 92.6 cm³/mol. The maximum absolute atomic E-state index is 11.7. The van der Waals surface area contributed by atoms with Gasteiger partial charge in [0.2, 0.25) is 0 Å². The van der Waals surface area contributed by atoms with Crippen LogP contribution in [0, 0.1) is 11.3 Å². The Morgan fingerprint density at radius 1 is 1.08 bits per heavy atom. The van der Waals surface area contributed by atoms with Gasteiger partial charge in [-0.15, -0.1) is 0 Å². The van der Waals surface area contributed by atoms with Crippen molar-refractivity contribution in [3.8, 4) is 11.8 Å². The third kappa shape index (κ3) is 4.21. The van der Waals surface area contributed by atoms with Gasteiger partial charge in [0.1, 0.15) is 17.4 Å². The van der Waals surface area contributed by atoms with Crippen molar-refractivity contribution < 1.29 is 19.4 Å². The van der Waals surface area contributed by atoms with Gasteiger partial charge in [0.25, 0.3) is 0 Å². The van der Waals surface area contributed by atoms with Gasteiger partial charge in [0.05, 0.1) is 0 Å². The van der Waals surface area contributed by atoms with Crippen LogP contribution in [-0.4, -0.2) is 17.0 Å². The molecule has 0 saturated heterocycles. The summed E-state index contributed by atoms with van der Waals surface area (Å²) in [4.78, 5) is 23.2. The van der Waals surface area contributed by atoms with Crippen LogP contribution >= 0.6 is 0 Å². The van der Waals surface area contributed by atoms with Crippen LogP contribution in [0.1, 0.15) is 18.1 Å². The Balaban J connectivity index is 2.61. The van der Waals surface area contributed by atoms with Gasteiger partial charge in [0.15, 0.2) is 0 Å². The Labute approximate surface area is 145 Å². The van der Waals surface area contributed by atoms with Crippen LogP contribution in [-0.2, 0) is 9.59 Å². The van der Waals surface area contributed by atoms with Crippen molar-refractivity contribution in [2.45, 2.75) is 6.92 Å². The van der Waals surface area contributed by atoms with Crippen molar-refractivity contribution in [1.29, 1.82) is 5.26 Å². The number of carbonyl (C=O) groups is 2. The minimum Gasteiger partial charge on any atom is -0.477 e. The van der Waals surface area contributed by atoms with E-state index >= 15 is 0 Å². The molecule has 0 aliphatic carbocycles. The monoisotopic (exact) mass is 333 g/mol. The highest BCUT2D eigenvalue weighted by Gasteiger charge is 2.18. The number of carboxylic acid groups (broad SMARTS) is 1. The molecule has 5 heteroatoms. The SMILES string of the molecule is C=C(C)C(=O)Oc1cccc(C(=C(C#N)C(=O)O)c2ccccc2)c1. The Hall–Kier alpha value is -3.65. The van der Waals surface area contributed by atoms with Gasteiger partial charge in [-0.25, -0.2) is 9.59 Å². The molecule has 0 bridgehead atoms. The number of carboxylic acids is 1. The summed E-state index contributed by atoms with van der Waals surface area (Å²) in [6, 6.07) is 16.8. The lowest BCUT2D eigenvalue weighted by atomic mass is 9.93. The normalized spacial score (nSPS) is 11.0. The zero-order valence-corrected chi connectivity index (χ0v) is 13.5. The molecule has 124 valence electrons. The average molecular weight is 333 g/mol. The van der Waals surface area contributed by atoms with E-state index in [-0.39, 0.29) is 16.9 Å². The van der Waals surface area contributed by atoms with Crippen molar-refractivity contribution in [1.82, 2.24) is 0 Å². The molecular weight excluding hydrogens is 318 g/mol. The van der Waals surface area contributed by atoms with Gasteiger partial charge in [-0.1, -0.05) is 49.0 Å². The molecule has 2 aromatic rings. The molecule has 25 heavy (non-hydrogen) atoms. The lowest BCUT2D eigenvalue weighted by Crippen LogP contribution is -2.08. The van der Waals surface area contributed by atoms with Crippen LogP contribution in [0.15, 0.2) is 72.3 Å². The number of nitriles is 1. The first-order chi connectivity index (χ1) is 11.9. The van der Waals surface area contributed by atoms with E-state index in [0.29, 0.717) is 11.1 Å². The third-order valence-corrected chi connectivity index (χ3v) is 3.32. The third-order valence-electron chi connectivity index (χ3n) is 3.32. The summed E-state index contributed by atoms with van der Waals surface area (Å²) in [7, 11) is 0. The van der Waals surface area contributed by atoms with Gasteiger partial charge < -0.3 is 9.84 Å². The van der Waals surface area contributed by atoms with E-state index in [0.717, 1.165) is 0 Å². The Bertz CT molecular complexity index is 905. The number of hydrogen-bond donors (Lipinski definition) is 1. The van der Waals surface area contributed by atoms with Gasteiger partial charge in [-0.3, -0.25) is 0 Å². The smallest absolute Gasteiger partial charge is 0.347 e. The Kier molecular flexibility index (Phi) is 5.49. The number of carbonyl (C=O) groups excluding carboxylic acids is 1. The lowest BCUT2D eigenvalue weighted by molar-refractivity contribution is -0.132. The summed E-state index contributed by atoms with van der Waals surface area (Å²) in [5, 5.41) is 18.7. The van der Waals surface area contributed by atoms with Crippen molar-refractivity contribution in [3.63, 3.8) is 0 Å². The highest BCUT2D eigenvalue weighted by Crippen LogP contribution is 2.29. The zero-order valence-electron chi connectivity index (χ0n) is 13.5. The molecule has 0 spiro atoms. The molecule has 0 atom stereocenters.